The molecule has 96 valence electrons. The Balaban J connectivity index is 0.000000174. The lowest BCUT2D eigenvalue weighted by Crippen LogP contribution is -1.65. The van der Waals surface area contributed by atoms with Crippen molar-refractivity contribution in [2.24, 2.45) is 0 Å². The molecule has 18 heavy (non-hydrogen) atoms. The Labute approximate surface area is 116 Å². The number of hydrogen-bond acceptors (Lipinski definition) is 4. The molecule has 0 unspecified atom stereocenters. The van der Waals surface area contributed by atoms with Crippen LogP contribution in [0.25, 0.3) is 10.2 Å². The quantitative estimate of drug-likeness (QED) is 0.573. The van der Waals surface area contributed by atoms with Crippen LogP contribution in [-0.4, -0.2) is 9.97 Å². The molecule has 0 aliphatic carbocycles. The summed E-state index contributed by atoms with van der Waals surface area (Å²) in [4.78, 5) is 8.27. The summed E-state index contributed by atoms with van der Waals surface area (Å²) >= 11 is 3.41. The Morgan fingerprint density at radius 2 is 1.72 bits per heavy atom. The monoisotopic (exact) mass is 278 g/mol. The van der Waals surface area contributed by atoms with Gasteiger partial charge >= 0.3 is 0 Å². The molecule has 0 radical (unpaired) electrons. The molecule has 2 nitrogen and oxygen atoms in total. The number of benzene rings is 1. The molecule has 2 heterocycles. The zero-order valence-electron chi connectivity index (χ0n) is 11.2. The largest absolute Gasteiger partial charge is 0.250 e. The molecule has 0 saturated carbocycles. The van der Waals surface area contributed by atoms with Gasteiger partial charge in [-0.2, -0.15) is 0 Å². The first kappa shape index (κ1) is 14.8. The van der Waals surface area contributed by atoms with E-state index in [0.717, 1.165) is 15.5 Å². The van der Waals surface area contributed by atoms with Crippen LogP contribution < -0.4 is 0 Å². The van der Waals surface area contributed by atoms with Gasteiger partial charge in [0.2, 0.25) is 0 Å². The van der Waals surface area contributed by atoms with Crippen molar-refractivity contribution in [3.05, 3.63) is 45.9 Å². The highest BCUT2D eigenvalue weighted by molar-refractivity contribution is 7.18. The average molecular weight is 278 g/mol. The second kappa shape index (κ2) is 7.95. The minimum atomic E-state index is 1.12. The van der Waals surface area contributed by atoms with Crippen molar-refractivity contribution < 1.29 is 0 Å². The molecule has 0 aliphatic rings. The van der Waals surface area contributed by atoms with Gasteiger partial charge in [0, 0.05) is 11.6 Å². The molecule has 0 bridgehead atoms. The summed E-state index contributed by atoms with van der Waals surface area (Å²) in [5, 5.41) is 4.24. The predicted molar refractivity (Wildman–Crippen MR) is 82.6 cm³/mol. The van der Waals surface area contributed by atoms with E-state index >= 15 is 0 Å². The van der Waals surface area contributed by atoms with E-state index in [1.807, 2.05) is 51.3 Å². The van der Waals surface area contributed by atoms with E-state index in [1.54, 1.807) is 28.9 Å². The van der Waals surface area contributed by atoms with Crippen LogP contribution in [0.3, 0.4) is 0 Å². The van der Waals surface area contributed by atoms with Crippen molar-refractivity contribution in [3.8, 4) is 0 Å². The molecule has 0 fully saturated rings. The number of aryl methyl sites for hydroxylation is 2. The molecule has 3 rings (SSSR count). The zero-order valence-corrected chi connectivity index (χ0v) is 12.8. The normalized spacial score (nSPS) is 9.11. The van der Waals surface area contributed by atoms with Crippen molar-refractivity contribution in [1.29, 1.82) is 0 Å². The third kappa shape index (κ3) is 4.55. The van der Waals surface area contributed by atoms with Gasteiger partial charge in [0.1, 0.15) is 0 Å². The highest BCUT2D eigenvalue weighted by Gasteiger charge is 1.95. The first-order valence-electron chi connectivity index (χ1n) is 5.94. The van der Waals surface area contributed by atoms with Gasteiger partial charge in [-0.3, -0.25) is 4.98 Å². The smallest absolute Gasteiger partial charge is 0.0907 e. The molecule has 0 spiro atoms. The third-order valence-electron chi connectivity index (χ3n) is 1.96. The number of hydrogen-bond donors (Lipinski definition) is 0. The maximum Gasteiger partial charge on any atom is 0.0907 e. The molecule has 0 saturated heterocycles. The van der Waals surface area contributed by atoms with Crippen LogP contribution in [0.5, 0.6) is 0 Å². The Hall–Kier alpha value is -1.26. The van der Waals surface area contributed by atoms with E-state index in [-0.39, 0.29) is 0 Å². The number of para-hydroxylation sites is 1. The van der Waals surface area contributed by atoms with E-state index in [0.29, 0.717) is 0 Å². The van der Waals surface area contributed by atoms with E-state index in [9.17, 15) is 0 Å². The molecule has 2 aromatic heterocycles. The van der Waals surface area contributed by atoms with Gasteiger partial charge in [-0.15, -0.1) is 22.7 Å². The standard InChI is InChI=1S/C8H7NS.C4H5NS.C2H6/c1-6-9-7-4-2-3-5-8(7)10-6;1-4-5-2-3-6-4;1-2/h2-5H,1H3;2-3H,1H3;1-2H3. The van der Waals surface area contributed by atoms with Crippen LogP contribution in [-0.2, 0) is 0 Å². The van der Waals surface area contributed by atoms with Crippen molar-refractivity contribution in [1.82, 2.24) is 9.97 Å². The lowest BCUT2D eigenvalue weighted by atomic mass is 10.3. The van der Waals surface area contributed by atoms with Crippen molar-refractivity contribution in [3.63, 3.8) is 0 Å². The van der Waals surface area contributed by atoms with Gasteiger partial charge in [-0.25, -0.2) is 4.98 Å². The van der Waals surface area contributed by atoms with Crippen molar-refractivity contribution in [2.45, 2.75) is 27.7 Å². The van der Waals surface area contributed by atoms with Gasteiger partial charge in [0.05, 0.1) is 20.2 Å². The third-order valence-corrected chi connectivity index (χ3v) is 3.61. The SMILES string of the molecule is CC.Cc1nc2ccccc2s1.Cc1nccs1. The molecular formula is C14H18N2S2. The topological polar surface area (TPSA) is 25.8 Å². The molecule has 0 N–H and O–H groups in total. The van der Waals surface area contributed by atoms with Crippen molar-refractivity contribution >= 4 is 32.9 Å². The molecule has 1 aromatic carbocycles. The van der Waals surface area contributed by atoms with Gasteiger partial charge in [-0.1, -0.05) is 26.0 Å². The fraction of sp³-hybridized carbons (Fsp3) is 0.286. The Kier molecular flexibility index (Phi) is 6.54. The number of aromatic nitrogens is 2. The van der Waals surface area contributed by atoms with Crippen molar-refractivity contribution in [2.75, 3.05) is 0 Å². The number of rotatable bonds is 0. The summed E-state index contributed by atoms with van der Waals surface area (Å²) in [6.07, 6.45) is 1.81. The summed E-state index contributed by atoms with van der Waals surface area (Å²) < 4.78 is 1.28. The summed E-state index contributed by atoms with van der Waals surface area (Å²) in [5.74, 6) is 0. The van der Waals surface area contributed by atoms with E-state index in [4.69, 9.17) is 0 Å². The Bertz CT molecular complexity index is 523. The molecule has 4 heteroatoms. The first-order valence-corrected chi connectivity index (χ1v) is 7.63. The highest BCUT2D eigenvalue weighted by atomic mass is 32.1. The molecule has 3 aromatic rings. The minimum absolute atomic E-state index is 1.12. The first-order chi connectivity index (χ1) is 8.75. The summed E-state index contributed by atoms with van der Waals surface area (Å²) in [6, 6.07) is 8.19. The fourth-order valence-electron chi connectivity index (χ4n) is 1.28. The minimum Gasteiger partial charge on any atom is -0.250 e. The van der Waals surface area contributed by atoms with Crippen LogP contribution in [0.15, 0.2) is 35.8 Å². The maximum atomic E-state index is 4.33. The summed E-state index contributed by atoms with van der Waals surface area (Å²) in [6.45, 7) is 8.02. The van der Waals surface area contributed by atoms with Crippen LogP contribution >= 0.6 is 22.7 Å². The van der Waals surface area contributed by atoms with Crippen LogP contribution in [0.4, 0.5) is 0 Å². The van der Waals surface area contributed by atoms with Crippen LogP contribution in [0, 0.1) is 13.8 Å². The predicted octanol–water partition coefficient (Wildman–Crippen LogP) is 5.08. The zero-order chi connectivity index (χ0) is 13.4. The van der Waals surface area contributed by atoms with E-state index in [2.05, 4.69) is 16.0 Å². The van der Waals surface area contributed by atoms with Gasteiger partial charge < -0.3 is 0 Å². The number of thiazole rings is 2. The highest BCUT2D eigenvalue weighted by Crippen LogP contribution is 2.19. The molecule has 0 atom stereocenters. The number of nitrogens with zero attached hydrogens (tertiary/aromatic N) is 2. The Morgan fingerprint density at radius 1 is 1.00 bits per heavy atom. The second-order valence-corrected chi connectivity index (χ2v) is 5.59. The van der Waals surface area contributed by atoms with Gasteiger partial charge in [0.25, 0.3) is 0 Å². The number of fused-ring (bicyclic) bond motifs is 1. The van der Waals surface area contributed by atoms with E-state index < -0.39 is 0 Å². The Morgan fingerprint density at radius 3 is 2.22 bits per heavy atom. The molecule has 0 aliphatic heterocycles. The lowest BCUT2D eigenvalue weighted by molar-refractivity contribution is 1.30. The van der Waals surface area contributed by atoms with Crippen LogP contribution in [0.1, 0.15) is 23.9 Å². The summed E-state index contributed by atoms with van der Waals surface area (Å²) in [5.41, 5.74) is 1.12. The van der Waals surface area contributed by atoms with Crippen LogP contribution in [0.2, 0.25) is 0 Å². The molecular weight excluding hydrogens is 260 g/mol. The average Bonchev–Trinajstić information content (AvgIpc) is 3.00. The van der Waals surface area contributed by atoms with Gasteiger partial charge in [-0.05, 0) is 26.0 Å². The van der Waals surface area contributed by atoms with Gasteiger partial charge in [0.15, 0.2) is 0 Å². The second-order valence-electron chi connectivity index (χ2n) is 3.25. The summed E-state index contributed by atoms with van der Waals surface area (Å²) in [7, 11) is 0. The maximum absolute atomic E-state index is 4.33. The fourth-order valence-corrected chi connectivity index (χ4v) is 2.55. The van der Waals surface area contributed by atoms with E-state index in [1.165, 1.54) is 4.70 Å². The molecule has 0 amide bonds. The lowest BCUT2D eigenvalue weighted by Gasteiger charge is -1.80.